The van der Waals surface area contributed by atoms with Crippen molar-refractivity contribution < 1.29 is 23.8 Å². The maximum atomic E-state index is 13.1. The van der Waals surface area contributed by atoms with Crippen LogP contribution < -0.4 is 9.47 Å². The third kappa shape index (κ3) is 4.38. The summed E-state index contributed by atoms with van der Waals surface area (Å²) in [6, 6.07) is 20.7. The maximum absolute atomic E-state index is 13.1. The van der Waals surface area contributed by atoms with Gasteiger partial charge in [-0.25, -0.2) is 0 Å². The van der Waals surface area contributed by atoms with E-state index in [-0.39, 0.29) is 23.5 Å². The van der Waals surface area contributed by atoms with Gasteiger partial charge in [0.25, 0.3) is 5.91 Å². The van der Waals surface area contributed by atoms with Crippen LogP contribution in [-0.2, 0) is 22.4 Å². The molecule has 0 radical (unpaired) electrons. The van der Waals surface area contributed by atoms with Gasteiger partial charge >= 0.3 is 5.97 Å². The van der Waals surface area contributed by atoms with Crippen LogP contribution in [0.25, 0.3) is 0 Å². The quantitative estimate of drug-likeness (QED) is 0.493. The molecule has 0 N–H and O–H groups in total. The third-order valence-electron chi connectivity index (χ3n) is 6.98. The van der Waals surface area contributed by atoms with E-state index in [1.807, 2.05) is 24.1 Å². The van der Waals surface area contributed by atoms with Crippen LogP contribution in [0.5, 0.6) is 17.2 Å². The molecule has 2 aliphatic rings. The van der Waals surface area contributed by atoms with Gasteiger partial charge in [0.15, 0.2) is 0 Å². The Balaban J connectivity index is 1.31. The van der Waals surface area contributed by atoms with Gasteiger partial charge < -0.3 is 19.1 Å². The van der Waals surface area contributed by atoms with E-state index < -0.39 is 5.92 Å². The molecule has 5 rings (SSSR count). The van der Waals surface area contributed by atoms with E-state index >= 15 is 0 Å². The number of amides is 1. The largest absolute Gasteiger partial charge is 0.493 e. The number of benzene rings is 3. The van der Waals surface area contributed by atoms with Crippen LogP contribution >= 0.6 is 0 Å². The number of fused-ring (bicyclic) bond motifs is 2. The second-order valence-electron chi connectivity index (χ2n) is 9.08. The molecule has 1 aliphatic carbocycles. The summed E-state index contributed by atoms with van der Waals surface area (Å²) < 4.78 is 16.6. The molecule has 0 bridgehead atoms. The summed E-state index contributed by atoms with van der Waals surface area (Å²) in [4.78, 5) is 27.1. The van der Waals surface area contributed by atoms with Gasteiger partial charge in [-0.1, -0.05) is 24.3 Å². The highest BCUT2D eigenvalue weighted by atomic mass is 16.5. The molecule has 182 valence electrons. The highest BCUT2D eigenvalue weighted by Gasteiger charge is 2.31. The zero-order chi connectivity index (χ0) is 25.2. The predicted molar refractivity (Wildman–Crippen MR) is 132 cm³/mol. The number of nitriles is 1. The highest BCUT2D eigenvalue weighted by Crippen LogP contribution is 2.40. The van der Waals surface area contributed by atoms with Crippen LogP contribution in [0.1, 0.15) is 45.0 Å². The smallest absolute Gasteiger partial charge is 0.313 e. The second-order valence-corrected chi connectivity index (χ2v) is 9.08. The molecule has 1 unspecified atom stereocenters. The Morgan fingerprint density at radius 2 is 1.75 bits per heavy atom. The van der Waals surface area contributed by atoms with Crippen LogP contribution in [0, 0.1) is 11.3 Å². The van der Waals surface area contributed by atoms with Crippen molar-refractivity contribution in [3.8, 4) is 23.3 Å². The molecule has 3 aromatic rings. The van der Waals surface area contributed by atoms with Gasteiger partial charge in [0.2, 0.25) is 0 Å². The van der Waals surface area contributed by atoms with E-state index in [9.17, 15) is 14.9 Å². The van der Waals surface area contributed by atoms with E-state index in [0.29, 0.717) is 41.4 Å². The molecule has 36 heavy (non-hydrogen) atoms. The first-order chi connectivity index (χ1) is 17.5. The Hall–Kier alpha value is -4.31. The van der Waals surface area contributed by atoms with Gasteiger partial charge in [-0.3, -0.25) is 9.59 Å². The van der Waals surface area contributed by atoms with Gasteiger partial charge in [0.05, 0.1) is 25.2 Å². The van der Waals surface area contributed by atoms with Crippen LogP contribution in [0.2, 0.25) is 0 Å². The Kier molecular flexibility index (Phi) is 6.34. The average molecular weight is 483 g/mol. The Morgan fingerprint density at radius 1 is 1.06 bits per heavy atom. The van der Waals surface area contributed by atoms with Crippen LogP contribution in [0.3, 0.4) is 0 Å². The number of hydrogen-bond donors (Lipinski definition) is 0. The summed E-state index contributed by atoms with van der Waals surface area (Å²) in [6.07, 6.45) is 2.20. The van der Waals surface area contributed by atoms with E-state index in [1.54, 1.807) is 36.4 Å². The molecule has 0 fully saturated rings. The Bertz CT molecular complexity index is 1330. The zero-order valence-corrected chi connectivity index (χ0v) is 20.2. The molecule has 0 saturated carbocycles. The fraction of sp³-hybridized carbons (Fsp3) is 0.276. The van der Waals surface area contributed by atoms with Crippen molar-refractivity contribution in [2.24, 2.45) is 0 Å². The van der Waals surface area contributed by atoms with Crippen molar-refractivity contribution in [2.75, 3.05) is 20.8 Å². The van der Waals surface area contributed by atoms with Crippen molar-refractivity contribution >= 4 is 11.9 Å². The molecule has 0 aromatic heterocycles. The zero-order valence-electron chi connectivity index (χ0n) is 20.2. The molecule has 3 aromatic carbocycles. The van der Waals surface area contributed by atoms with Crippen LogP contribution in [0.15, 0.2) is 60.7 Å². The number of esters is 1. The first-order valence-corrected chi connectivity index (χ1v) is 11.9. The number of rotatable bonds is 5. The van der Waals surface area contributed by atoms with E-state index in [0.717, 1.165) is 12.8 Å². The van der Waals surface area contributed by atoms with E-state index in [2.05, 4.69) is 18.2 Å². The summed E-state index contributed by atoms with van der Waals surface area (Å²) >= 11 is 0. The first-order valence-electron chi connectivity index (χ1n) is 11.9. The van der Waals surface area contributed by atoms with Crippen molar-refractivity contribution in [3.63, 3.8) is 0 Å². The Labute approximate surface area is 209 Å². The average Bonchev–Trinajstić information content (AvgIpc) is 3.36. The lowest BCUT2D eigenvalue weighted by Gasteiger charge is -2.25. The lowest BCUT2D eigenvalue weighted by molar-refractivity contribution is -0.143. The summed E-state index contributed by atoms with van der Waals surface area (Å²) in [7, 11) is 3.19. The molecule has 1 heterocycles. The van der Waals surface area contributed by atoms with Crippen molar-refractivity contribution in [2.45, 2.75) is 31.2 Å². The number of carbonyl (C=O) groups excluding carboxylic acids is 2. The number of ether oxygens (including phenoxy) is 3. The maximum Gasteiger partial charge on any atom is 0.313 e. The van der Waals surface area contributed by atoms with Crippen molar-refractivity contribution in [1.29, 1.82) is 5.26 Å². The molecular weight excluding hydrogens is 456 g/mol. The molecule has 7 nitrogen and oxygen atoms in total. The van der Waals surface area contributed by atoms with Crippen LogP contribution in [0.4, 0.5) is 0 Å². The molecule has 0 saturated heterocycles. The van der Waals surface area contributed by atoms with Crippen molar-refractivity contribution in [1.82, 2.24) is 4.90 Å². The van der Waals surface area contributed by atoms with Gasteiger partial charge in [-0.15, -0.1) is 0 Å². The monoisotopic (exact) mass is 482 g/mol. The minimum atomic E-state index is -0.477. The van der Waals surface area contributed by atoms with Gasteiger partial charge in [0.1, 0.15) is 23.3 Å². The lowest BCUT2D eigenvalue weighted by Crippen LogP contribution is -2.37. The normalized spacial score (nSPS) is 16.2. The number of likely N-dealkylation sites (N-methyl/N-ethyl adjacent to an activating group) is 1. The number of nitrogens with zero attached hydrogens (tertiary/aromatic N) is 2. The first kappa shape index (κ1) is 23.4. The topological polar surface area (TPSA) is 88.9 Å². The number of hydrogen-bond acceptors (Lipinski definition) is 6. The van der Waals surface area contributed by atoms with Crippen LogP contribution in [-0.4, -0.2) is 43.6 Å². The SMILES string of the molecule is COC(=O)C1CCOc2cc(Oc3ccc(C(=O)N(C)C4Cc5ccccc5C4)cc3)c(C#N)cc21. The fourth-order valence-corrected chi connectivity index (χ4v) is 4.95. The number of methoxy groups -OCH3 is 1. The van der Waals surface area contributed by atoms with E-state index in [1.165, 1.54) is 18.2 Å². The minimum Gasteiger partial charge on any atom is -0.493 e. The van der Waals surface area contributed by atoms with Gasteiger partial charge in [0, 0.05) is 30.3 Å². The second kappa shape index (κ2) is 9.74. The summed E-state index contributed by atoms with van der Waals surface area (Å²) in [5, 5.41) is 9.69. The molecular formula is C29H26N2O5. The summed E-state index contributed by atoms with van der Waals surface area (Å²) in [5.74, 6) is 0.421. The molecule has 1 aliphatic heterocycles. The molecule has 1 amide bonds. The fourth-order valence-electron chi connectivity index (χ4n) is 4.95. The number of carbonyl (C=O) groups is 2. The standard InChI is InChI=1S/C29H26N2O5/c1-31(22-13-19-5-3-4-6-20(19)14-22)28(32)18-7-9-23(10-8-18)36-26-16-27-25(15-21(26)17-30)24(11-12-35-27)29(33)34-2/h3-10,15-16,22,24H,11-14H2,1-2H3. The molecule has 0 spiro atoms. The summed E-state index contributed by atoms with van der Waals surface area (Å²) in [6.45, 7) is 0.370. The van der Waals surface area contributed by atoms with Gasteiger partial charge in [-0.05, 0) is 60.7 Å². The molecule has 7 heteroatoms. The summed E-state index contributed by atoms with van der Waals surface area (Å²) in [5.41, 5.74) is 4.07. The highest BCUT2D eigenvalue weighted by molar-refractivity contribution is 5.94. The van der Waals surface area contributed by atoms with Crippen molar-refractivity contribution in [3.05, 3.63) is 88.5 Å². The molecule has 1 atom stereocenters. The predicted octanol–water partition coefficient (Wildman–Crippen LogP) is 4.63. The Morgan fingerprint density at radius 3 is 2.39 bits per heavy atom. The van der Waals surface area contributed by atoms with E-state index in [4.69, 9.17) is 14.2 Å². The van der Waals surface area contributed by atoms with Gasteiger partial charge in [-0.2, -0.15) is 5.26 Å². The third-order valence-corrected chi connectivity index (χ3v) is 6.98. The minimum absolute atomic E-state index is 0.0481. The lowest BCUT2D eigenvalue weighted by atomic mass is 9.91.